The van der Waals surface area contributed by atoms with Gasteiger partial charge >= 0.3 is 5.97 Å². The molecule has 3 rings (SSSR count). The maximum Gasteiger partial charge on any atom is 0.315 e. The fourth-order valence-corrected chi connectivity index (χ4v) is 3.66. The van der Waals surface area contributed by atoms with Gasteiger partial charge in [0.05, 0.1) is 0 Å². The van der Waals surface area contributed by atoms with Gasteiger partial charge in [-0.1, -0.05) is 69.4 Å². The Balaban J connectivity index is 1.81. The summed E-state index contributed by atoms with van der Waals surface area (Å²) < 4.78 is 5.99. The monoisotopic (exact) mass is 338 g/mol. The molecule has 2 aromatic rings. The van der Waals surface area contributed by atoms with Crippen molar-refractivity contribution in [3.63, 3.8) is 0 Å². The molecule has 0 fully saturated rings. The maximum atomic E-state index is 12.0. The van der Waals surface area contributed by atoms with Gasteiger partial charge in [-0.3, -0.25) is 4.79 Å². The molecule has 0 saturated heterocycles. The number of carbonyl (C=O) groups is 1. The van der Waals surface area contributed by atoms with Crippen molar-refractivity contribution in [2.45, 2.75) is 57.8 Å². The van der Waals surface area contributed by atoms with E-state index in [-0.39, 0.29) is 0 Å². The third-order valence-electron chi connectivity index (χ3n) is 4.94. The third-order valence-corrected chi connectivity index (χ3v) is 4.94. The number of hydrogen-bond donors (Lipinski definition) is 1. The highest BCUT2D eigenvalue weighted by Crippen LogP contribution is 2.45. The summed E-state index contributed by atoms with van der Waals surface area (Å²) in [5, 5.41) is 9.87. The number of carboxylic acid groups (broad SMARTS) is 1. The summed E-state index contributed by atoms with van der Waals surface area (Å²) in [6.07, 6.45) is 8.29. The van der Waals surface area contributed by atoms with Gasteiger partial charge in [0.25, 0.3) is 0 Å². The van der Waals surface area contributed by atoms with E-state index < -0.39 is 11.9 Å². The molecule has 1 aliphatic heterocycles. The van der Waals surface area contributed by atoms with Crippen LogP contribution in [0.4, 0.5) is 0 Å². The first-order chi connectivity index (χ1) is 12.2. The van der Waals surface area contributed by atoms with Crippen LogP contribution in [0, 0.1) is 0 Å². The number of ether oxygens (including phenoxy) is 1. The summed E-state index contributed by atoms with van der Waals surface area (Å²) in [5.74, 6) is -0.114. The lowest BCUT2D eigenvalue weighted by molar-refractivity contribution is -0.137. The predicted octanol–water partition coefficient (Wildman–Crippen LogP) is 5.91. The van der Waals surface area contributed by atoms with Crippen molar-refractivity contribution in [2.24, 2.45) is 0 Å². The lowest BCUT2D eigenvalue weighted by atomic mass is 9.84. The number of para-hydroxylation sites is 1. The summed E-state index contributed by atoms with van der Waals surface area (Å²) in [4.78, 5) is 12.0. The van der Waals surface area contributed by atoms with Crippen molar-refractivity contribution < 1.29 is 14.6 Å². The molecular weight excluding hydrogens is 312 g/mol. The van der Waals surface area contributed by atoms with Crippen LogP contribution in [0.2, 0.25) is 0 Å². The predicted molar refractivity (Wildman–Crippen MR) is 99.5 cm³/mol. The van der Waals surface area contributed by atoms with E-state index in [1.54, 1.807) is 0 Å². The summed E-state index contributed by atoms with van der Waals surface area (Å²) >= 11 is 0. The van der Waals surface area contributed by atoms with Gasteiger partial charge in [-0.05, 0) is 30.5 Å². The topological polar surface area (TPSA) is 46.5 Å². The fourth-order valence-electron chi connectivity index (χ4n) is 3.66. The van der Waals surface area contributed by atoms with Crippen LogP contribution in [0.1, 0.15) is 68.1 Å². The number of benzene rings is 2. The molecule has 1 N–H and O–H groups in total. The standard InChI is InChI=1S/C22H26O3/c1-2-3-4-5-6-7-11-16-12-10-15-19-20(16)21(22(23)24)17-13-8-9-14-18(17)25-19/h8-10,12-15,21H,2-7,11H2,1H3,(H,23,24). The van der Waals surface area contributed by atoms with E-state index in [2.05, 4.69) is 13.0 Å². The summed E-state index contributed by atoms with van der Waals surface area (Å²) in [6, 6.07) is 13.4. The second-order valence-electron chi connectivity index (χ2n) is 6.76. The van der Waals surface area contributed by atoms with E-state index in [1.165, 1.54) is 32.1 Å². The summed E-state index contributed by atoms with van der Waals surface area (Å²) in [7, 11) is 0. The van der Waals surface area contributed by atoms with Crippen molar-refractivity contribution in [3.8, 4) is 11.5 Å². The molecule has 0 aliphatic carbocycles. The lowest BCUT2D eigenvalue weighted by Gasteiger charge is -2.27. The molecule has 1 aliphatic rings. The zero-order valence-corrected chi connectivity index (χ0v) is 14.8. The quantitative estimate of drug-likeness (QED) is 0.608. The van der Waals surface area contributed by atoms with Gasteiger partial charge in [-0.2, -0.15) is 0 Å². The van der Waals surface area contributed by atoms with Gasteiger partial charge in [-0.15, -0.1) is 0 Å². The lowest BCUT2D eigenvalue weighted by Crippen LogP contribution is -2.20. The van der Waals surface area contributed by atoms with E-state index >= 15 is 0 Å². The average Bonchev–Trinajstić information content (AvgIpc) is 2.62. The maximum absolute atomic E-state index is 12.0. The van der Waals surface area contributed by atoms with E-state index in [1.807, 2.05) is 36.4 Å². The highest BCUT2D eigenvalue weighted by molar-refractivity contribution is 5.84. The minimum absolute atomic E-state index is 0.642. The Hall–Kier alpha value is -2.29. The molecule has 3 nitrogen and oxygen atoms in total. The van der Waals surface area contributed by atoms with Gasteiger partial charge in [0.2, 0.25) is 0 Å². The molecule has 0 aromatic heterocycles. The number of unbranched alkanes of at least 4 members (excludes halogenated alkanes) is 5. The molecule has 0 saturated carbocycles. The zero-order valence-electron chi connectivity index (χ0n) is 14.8. The van der Waals surface area contributed by atoms with Crippen LogP contribution >= 0.6 is 0 Å². The first-order valence-corrected chi connectivity index (χ1v) is 9.33. The Kier molecular flexibility index (Phi) is 5.75. The second-order valence-corrected chi connectivity index (χ2v) is 6.76. The van der Waals surface area contributed by atoms with Crippen LogP contribution in [0.15, 0.2) is 42.5 Å². The van der Waals surface area contributed by atoms with Crippen molar-refractivity contribution in [1.82, 2.24) is 0 Å². The van der Waals surface area contributed by atoms with Gasteiger partial charge in [-0.25, -0.2) is 0 Å². The Bertz CT molecular complexity index is 736. The third kappa shape index (κ3) is 3.87. The van der Waals surface area contributed by atoms with Crippen molar-refractivity contribution >= 4 is 5.97 Å². The molecule has 0 spiro atoms. The van der Waals surface area contributed by atoms with E-state index in [0.29, 0.717) is 11.5 Å². The Morgan fingerprint density at radius 3 is 2.48 bits per heavy atom. The minimum Gasteiger partial charge on any atom is -0.481 e. The highest BCUT2D eigenvalue weighted by Gasteiger charge is 2.34. The number of carboxylic acids is 1. The highest BCUT2D eigenvalue weighted by atomic mass is 16.5. The van der Waals surface area contributed by atoms with Crippen LogP contribution < -0.4 is 4.74 Å². The number of aryl methyl sites for hydroxylation is 1. The normalized spacial score (nSPS) is 15.2. The van der Waals surface area contributed by atoms with Crippen LogP contribution in [-0.4, -0.2) is 11.1 Å². The molecule has 0 bridgehead atoms. The molecule has 1 atom stereocenters. The Morgan fingerprint density at radius 2 is 1.68 bits per heavy atom. The van der Waals surface area contributed by atoms with Crippen LogP contribution in [0.5, 0.6) is 11.5 Å². The van der Waals surface area contributed by atoms with Gasteiger partial charge < -0.3 is 9.84 Å². The molecule has 2 aromatic carbocycles. The molecular formula is C22H26O3. The van der Waals surface area contributed by atoms with Gasteiger partial charge in [0.1, 0.15) is 17.4 Å². The van der Waals surface area contributed by atoms with Crippen LogP contribution in [0.3, 0.4) is 0 Å². The van der Waals surface area contributed by atoms with Crippen molar-refractivity contribution in [1.29, 1.82) is 0 Å². The first kappa shape index (κ1) is 17.5. The molecule has 132 valence electrons. The van der Waals surface area contributed by atoms with Gasteiger partial charge in [0, 0.05) is 11.1 Å². The molecule has 25 heavy (non-hydrogen) atoms. The van der Waals surface area contributed by atoms with E-state index in [4.69, 9.17) is 4.74 Å². The summed E-state index contributed by atoms with van der Waals surface area (Å²) in [5.41, 5.74) is 2.69. The first-order valence-electron chi connectivity index (χ1n) is 9.33. The second kappa shape index (κ2) is 8.19. The molecule has 0 radical (unpaired) electrons. The Morgan fingerprint density at radius 1 is 0.960 bits per heavy atom. The number of rotatable bonds is 8. The smallest absolute Gasteiger partial charge is 0.315 e. The number of fused-ring (bicyclic) bond motifs is 2. The molecule has 3 heteroatoms. The molecule has 1 heterocycles. The van der Waals surface area contributed by atoms with Gasteiger partial charge in [0.15, 0.2) is 0 Å². The van der Waals surface area contributed by atoms with Crippen LogP contribution in [0.25, 0.3) is 0 Å². The molecule has 1 unspecified atom stereocenters. The van der Waals surface area contributed by atoms with Crippen LogP contribution in [-0.2, 0) is 11.2 Å². The van der Waals surface area contributed by atoms with Crippen molar-refractivity contribution in [2.75, 3.05) is 0 Å². The zero-order chi connectivity index (χ0) is 17.6. The largest absolute Gasteiger partial charge is 0.481 e. The number of hydrogen-bond acceptors (Lipinski definition) is 2. The minimum atomic E-state index is -0.813. The SMILES string of the molecule is CCCCCCCCc1cccc2c1C(C(=O)O)c1ccccc1O2. The summed E-state index contributed by atoms with van der Waals surface area (Å²) in [6.45, 7) is 2.22. The van der Waals surface area contributed by atoms with E-state index in [0.717, 1.165) is 29.5 Å². The molecule has 0 amide bonds. The Labute approximate surface area is 149 Å². The number of aliphatic carboxylic acids is 1. The van der Waals surface area contributed by atoms with Crippen molar-refractivity contribution in [3.05, 3.63) is 59.2 Å². The fraction of sp³-hybridized carbons (Fsp3) is 0.409. The average molecular weight is 338 g/mol. The van der Waals surface area contributed by atoms with E-state index in [9.17, 15) is 9.90 Å².